The van der Waals surface area contributed by atoms with E-state index in [2.05, 4.69) is 40.7 Å². The van der Waals surface area contributed by atoms with Crippen LogP contribution in [-0.2, 0) is 4.74 Å². The van der Waals surface area contributed by atoms with Gasteiger partial charge in [-0.2, -0.15) is 0 Å². The van der Waals surface area contributed by atoms with Gasteiger partial charge in [0, 0.05) is 58.7 Å². The maximum Gasteiger partial charge on any atom is 0.408 e. The zero-order valence-corrected chi connectivity index (χ0v) is 20.4. The first-order valence-electron chi connectivity index (χ1n) is 11.3. The first-order valence-corrected chi connectivity index (χ1v) is 11.3. The van der Waals surface area contributed by atoms with Crippen molar-refractivity contribution in [1.82, 2.24) is 30.8 Å². The van der Waals surface area contributed by atoms with Gasteiger partial charge in [-0.15, -0.1) is 0 Å². The Morgan fingerprint density at radius 2 is 1.75 bits per heavy atom. The van der Waals surface area contributed by atoms with Crippen LogP contribution in [-0.4, -0.2) is 90.9 Å². The summed E-state index contributed by atoms with van der Waals surface area (Å²) < 4.78 is 5.34. The highest BCUT2D eigenvalue weighted by Crippen LogP contribution is 2.10. The maximum atomic E-state index is 12.0. The summed E-state index contributed by atoms with van der Waals surface area (Å²) in [6, 6.07) is 1.84. The molecule has 0 radical (unpaired) electrons. The molecule has 0 bridgehead atoms. The Kier molecular flexibility index (Phi) is 9.49. The smallest absolute Gasteiger partial charge is 0.408 e. The molecule has 180 valence electrons. The lowest BCUT2D eigenvalue weighted by Gasteiger charge is -2.34. The Balaban J connectivity index is 1.62. The predicted octanol–water partition coefficient (Wildman–Crippen LogP) is 1.46. The second kappa shape index (κ2) is 11.8. The van der Waals surface area contributed by atoms with Crippen LogP contribution in [0.4, 0.5) is 10.7 Å². The molecule has 1 saturated heterocycles. The van der Waals surface area contributed by atoms with Gasteiger partial charge in [-0.3, -0.25) is 9.89 Å². The lowest BCUT2D eigenvalue weighted by Crippen LogP contribution is -2.54. The van der Waals surface area contributed by atoms with Gasteiger partial charge in [0.05, 0.1) is 5.54 Å². The molecule has 1 aliphatic rings. The lowest BCUT2D eigenvalue weighted by molar-refractivity contribution is 0.0474. The number of hydrogen-bond donors (Lipinski definition) is 3. The van der Waals surface area contributed by atoms with Gasteiger partial charge >= 0.3 is 6.09 Å². The predicted molar refractivity (Wildman–Crippen MR) is 128 cm³/mol. The first kappa shape index (κ1) is 25.6. The van der Waals surface area contributed by atoms with Crippen LogP contribution in [0.15, 0.2) is 23.5 Å². The van der Waals surface area contributed by atoms with Crippen molar-refractivity contribution in [1.29, 1.82) is 0 Å². The summed E-state index contributed by atoms with van der Waals surface area (Å²) in [5.41, 5.74) is -1.00. The molecule has 2 rings (SSSR count). The SMILES string of the molecule is CN=C(NCCCN1CCN(c2ncccn2)CC1)NCC(C)(C)NC(=O)OC(C)(C)C. The van der Waals surface area contributed by atoms with Crippen molar-refractivity contribution in [2.45, 2.75) is 52.2 Å². The minimum Gasteiger partial charge on any atom is -0.444 e. The highest BCUT2D eigenvalue weighted by atomic mass is 16.6. The molecule has 0 aliphatic carbocycles. The van der Waals surface area contributed by atoms with Crippen LogP contribution in [0.3, 0.4) is 0 Å². The summed E-state index contributed by atoms with van der Waals surface area (Å²) in [5.74, 6) is 1.53. The molecule has 1 aromatic heterocycles. The van der Waals surface area contributed by atoms with Crippen molar-refractivity contribution in [3.63, 3.8) is 0 Å². The second-order valence-electron chi connectivity index (χ2n) is 9.59. The van der Waals surface area contributed by atoms with E-state index in [9.17, 15) is 4.79 Å². The highest BCUT2D eigenvalue weighted by Gasteiger charge is 2.25. The summed E-state index contributed by atoms with van der Waals surface area (Å²) in [4.78, 5) is 29.7. The van der Waals surface area contributed by atoms with E-state index in [-0.39, 0.29) is 0 Å². The third-order valence-electron chi connectivity index (χ3n) is 4.91. The second-order valence-corrected chi connectivity index (χ2v) is 9.59. The van der Waals surface area contributed by atoms with Crippen molar-refractivity contribution in [3.8, 4) is 0 Å². The Morgan fingerprint density at radius 1 is 1.09 bits per heavy atom. The third kappa shape index (κ3) is 9.67. The number of ether oxygens (including phenoxy) is 1. The van der Waals surface area contributed by atoms with Crippen LogP contribution in [0.1, 0.15) is 41.0 Å². The molecule has 0 aromatic carbocycles. The summed E-state index contributed by atoms with van der Waals surface area (Å²) in [6.45, 7) is 15.7. The fourth-order valence-corrected chi connectivity index (χ4v) is 3.28. The van der Waals surface area contributed by atoms with Crippen molar-refractivity contribution < 1.29 is 9.53 Å². The van der Waals surface area contributed by atoms with E-state index in [1.807, 2.05) is 40.7 Å². The van der Waals surface area contributed by atoms with E-state index in [1.54, 1.807) is 19.4 Å². The van der Waals surface area contributed by atoms with Crippen LogP contribution in [0.5, 0.6) is 0 Å². The average molecular weight is 449 g/mol. The van der Waals surface area contributed by atoms with Gasteiger partial charge < -0.3 is 25.6 Å². The number of piperazine rings is 1. The van der Waals surface area contributed by atoms with Crippen LogP contribution in [0, 0.1) is 0 Å². The third-order valence-corrected chi connectivity index (χ3v) is 4.91. The molecular weight excluding hydrogens is 408 g/mol. The number of nitrogens with zero attached hydrogens (tertiary/aromatic N) is 5. The molecule has 3 N–H and O–H groups in total. The molecule has 32 heavy (non-hydrogen) atoms. The standard InChI is InChI=1S/C22H40N8O2/c1-21(2,3)32-20(31)28-22(4,5)17-27-18(23-6)24-11-8-12-29-13-15-30(16-14-29)19-25-9-7-10-26-19/h7,9-10H,8,11-17H2,1-6H3,(H,28,31)(H2,23,24,27). The molecule has 10 heteroatoms. The molecule has 1 fully saturated rings. The summed E-state index contributed by atoms with van der Waals surface area (Å²) in [7, 11) is 1.74. The Bertz CT molecular complexity index is 725. The summed E-state index contributed by atoms with van der Waals surface area (Å²) >= 11 is 0. The highest BCUT2D eigenvalue weighted by molar-refractivity contribution is 5.79. The van der Waals surface area contributed by atoms with Crippen molar-refractivity contribution in [2.75, 3.05) is 57.8 Å². The van der Waals surface area contributed by atoms with Gasteiger partial charge in [-0.05, 0) is 53.7 Å². The number of carbonyl (C=O) groups is 1. The Labute approximate surface area is 192 Å². The Hall–Kier alpha value is -2.62. The molecule has 0 saturated carbocycles. The Morgan fingerprint density at radius 3 is 2.34 bits per heavy atom. The number of anilines is 1. The number of alkyl carbamates (subject to hydrolysis) is 1. The van der Waals surface area contributed by atoms with E-state index >= 15 is 0 Å². The average Bonchev–Trinajstić information content (AvgIpc) is 2.72. The minimum atomic E-state index is -0.521. The van der Waals surface area contributed by atoms with Gasteiger partial charge in [0.2, 0.25) is 5.95 Å². The van der Waals surface area contributed by atoms with E-state index in [4.69, 9.17) is 4.74 Å². The normalized spacial score (nSPS) is 15.9. The molecule has 0 unspecified atom stereocenters. The fraction of sp³-hybridized carbons (Fsp3) is 0.727. The topological polar surface area (TPSA) is 107 Å². The number of aliphatic imine (C=N–C) groups is 1. The number of amides is 1. The zero-order valence-electron chi connectivity index (χ0n) is 20.4. The molecule has 10 nitrogen and oxygen atoms in total. The lowest BCUT2D eigenvalue weighted by atomic mass is 10.1. The number of carbonyl (C=O) groups excluding carboxylic acids is 1. The molecule has 1 aromatic rings. The van der Waals surface area contributed by atoms with E-state index in [0.29, 0.717) is 6.54 Å². The van der Waals surface area contributed by atoms with E-state index in [0.717, 1.165) is 57.6 Å². The number of guanidine groups is 1. The van der Waals surface area contributed by atoms with Gasteiger partial charge in [0.25, 0.3) is 0 Å². The van der Waals surface area contributed by atoms with Crippen LogP contribution >= 0.6 is 0 Å². The van der Waals surface area contributed by atoms with Crippen molar-refractivity contribution in [3.05, 3.63) is 18.5 Å². The van der Waals surface area contributed by atoms with Crippen LogP contribution < -0.4 is 20.9 Å². The van der Waals surface area contributed by atoms with E-state index < -0.39 is 17.2 Å². The number of nitrogens with one attached hydrogen (secondary N) is 3. The van der Waals surface area contributed by atoms with Crippen molar-refractivity contribution in [2.24, 2.45) is 4.99 Å². The van der Waals surface area contributed by atoms with E-state index in [1.165, 1.54) is 0 Å². The monoisotopic (exact) mass is 448 g/mol. The molecular formula is C22H40N8O2. The number of hydrogen-bond acceptors (Lipinski definition) is 7. The largest absolute Gasteiger partial charge is 0.444 e. The minimum absolute atomic E-state index is 0.425. The molecule has 1 amide bonds. The summed E-state index contributed by atoms with van der Waals surface area (Å²) in [6.07, 6.45) is 4.17. The molecule has 2 heterocycles. The van der Waals surface area contributed by atoms with Gasteiger partial charge in [0.1, 0.15) is 5.60 Å². The molecule has 0 atom stereocenters. The fourth-order valence-electron chi connectivity index (χ4n) is 3.28. The van der Waals surface area contributed by atoms with Crippen LogP contribution in [0.25, 0.3) is 0 Å². The molecule has 1 aliphatic heterocycles. The van der Waals surface area contributed by atoms with Crippen molar-refractivity contribution >= 4 is 18.0 Å². The summed E-state index contributed by atoms with van der Waals surface area (Å²) in [5, 5.41) is 9.51. The maximum absolute atomic E-state index is 12.0. The number of rotatable bonds is 8. The quantitative estimate of drug-likeness (QED) is 0.312. The van der Waals surface area contributed by atoms with Gasteiger partial charge in [-0.1, -0.05) is 0 Å². The van der Waals surface area contributed by atoms with Gasteiger partial charge in [-0.25, -0.2) is 14.8 Å². The first-order chi connectivity index (χ1) is 15.1. The molecule has 0 spiro atoms. The van der Waals surface area contributed by atoms with Crippen LogP contribution in [0.2, 0.25) is 0 Å². The van der Waals surface area contributed by atoms with Gasteiger partial charge in [0.15, 0.2) is 5.96 Å². The zero-order chi connectivity index (χ0) is 23.6. The number of aromatic nitrogens is 2.